The topological polar surface area (TPSA) is 49.6 Å². The number of unbranched alkanes of at least 4 members (excludes halogenated alkanes) is 2. The molecule has 2 aliphatic heterocycles. The Hall–Kier alpha value is -2.23. The van der Waals surface area contributed by atoms with Gasteiger partial charge in [-0.2, -0.15) is 5.11 Å². The first-order chi connectivity index (χ1) is 9.88. The molecule has 0 aliphatic carbocycles. The molecule has 20 heavy (non-hydrogen) atoms. The van der Waals surface area contributed by atoms with E-state index in [0.29, 0.717) is 0 Å². The van der Waals surface area contributed by atoms with Crippen LogP contribution in [0.15, 0.2) is 52.1 Å². The molecule has 0 saturated carbocycles. The minimum atomic E-state index is 0.858. The zero-order chi connectivity index (χ0) is 13.8. The van der Waals surface area contributed by atoms with Gasteiger partial charge in [0.2, 0.25) is 0 Å². The minimum Gasteiger partial charge on any atom is -0.357 e. The number of fused-ring (bicyclic) bond motifs is 2. The van der Waals surface area contributed by atoms with Gasteiger partial charge in [-0.05, 0) is 37.1 Å². The normalized spacial score (nSPS) is 16.1. The maximum Gasteiger partial charge on any atom is 0.110 e. The smallest absolute Gasteiger partial charge is 0.110 e. The van der Waals surface area contributed by atoms with Gasteiger partial charge in [0.15, 0.2) is 0 Å². The van der Waals surface area contributed by atoms with Gasteiger partial charge >= 0.3 is 0 Å². The van der Waals surface area contributed by atoms with E-state index in [-0.39, 0.29) is 0 Å². The Morgan fingerprint density at radius 3 is 3.05 bits per heavy atom. The monoisotopic (exact) mass is 266 g/mol. The van der Waals surface area contributed by atoms with Crippen molar-refractivity contribution in [3.05, 3.63) is 52.4 Å². The molecule has 1 aromatic heterocycles. The summed E-state index contributed by atoms with van der Waals surface area (Å²) < 4.78 is 0. The van der Waals surface area contributed by atoms with Crippen LogP contribution in [-0.4, -0.2) is 4.98 Å². The summed E-state index contributed by atoms with van der Waals surface area (Å²) in [5, 5.41) is 13.7. The molecule has 0 aromatic carbocycles. The summed E-state index contributed by atoms with van der Waals surface area (Å²) >= 11 is 0. The van der Waals surface area contributed by atoms with Crippen LogP contribution in [0.25, 0.3) is 11.9 Å². The fraction of sp³-hybridized carbons (Fsp3) is 0.312. The van der Waals surface area contributed by atoms with E-state index in [1.54, 1.807) is 12.4 Å². The molecule has 1 aromatic rings. The number of rotatable bonds is 4. The molecule has 2 aliphatic rings. The van der Waals surface area contributed by atoms with Gasteiger partial charge in [0.05, 0.1) is 17.2 Å². The van der Waals surface area contributed by atoms with E-state index in [0.717, 1.165) is 28.4 Å². The number of aromatic nitrogens is 1. The number of allylic oxidation sites excluding steroid dienone is 3. The van der Waals surface area contributed by atoms with Crippen molar-refractivity contribution in [1.29, 1.82) is 0 Å². The Labute approximate surface area is 118 Å². The molecule has 0 radical (unpaired) electrons. The summed E-state index contributed by atoms with van der Waals surface area (Å²) in [4.78, 5) is 4.35. The van der Waals surface area contributed by atoms with Crippen LogP contribution in [-0.2, 0) is 0 Å². The van der Waals surface area contributed by atoms with Crippen molar-refractivity contribution in [3.63, 3.8) is 0 Å². The van der Waals surface area contributed by atoms with Crippen molar-refractivity contribution in [2.75, 3.05) is 0 Å². The van der Waals surface area contributed by atoms with Gasteiger partial charge < -0.3 is 5.32 Å². The Balaban J connectivity index is 1.98. The number of dihydropyridines is 1. The highest BCUT2D eigenvalue weighted by atomic mass is 15.1. The lowest BCUT2D eigenvalue weighted by Gasteiger charge is -2.17. The van der Waals surface area contributed by atoms with Crippen LogP contribution in [0.4, 0.5) is 0 Å². The Morgan fingerprint density at radius 1 is 1.20 bits per heavy atom. The van der Waals surface area contributed by atoms with Gasteiger partial charge in [-0.1, -0.05) is 19.8 Å². The molecule has 3 rings (SSSR count). The lowest BCUT2D eigenvalue weighted by atomic mass is 10.1. The second-order valence-electron chi connectivity index (χ2n) is 4.98. The first kappa shape index (κ1) is 12.8. The van der Waals surface area contributed by atoms with Gasteiger partial charge in [0, 0.05) is 17.1 Å². The van der Waals surface area contributed by atoms with Crippen LogP contribution in [0.1, 0.15) is 32.6 Å². The van der Waals surface area contributed by atoms with Crippen LogP contribution in [0.3, 0.4) is 0 Å². The van der Waals surface area contributed by atoms with Crippen molar-refractivity contribution >= 4 is 11.9 Å². The fourth-order valence-corrected chi connectivity index (χ4v) is 2.41. The lowest BCUT2D eigenvalue weighted by molar-refractivity contribution is 0.696. The number of pyridine rings is 1. The zero-order valence-corrected chi connectivity index (χ0v) is 11.6. The molecule has 0 spiro atoms. The van der Waals surface area contributed by atoms with E-state index < -0.39 is 0 Å². The third kappa shape index (κ3) is 2.54. The molecule has 3 heterocycles. The second-order valence-corrected chi connectivity index (χ2v) is 4.98. The molecular formula is C16H18N4. The largest absolute Gasteiger partial charge is 0.357 e. The Morgan fingerprint density at radius 2 is 2.15 bits per heavy atom. The summed E-state index contributed by atoms with van der Waals surface area (Å²) in [6, 6.07) is 4.00. The summed E-state index contributed by atoms with van der Waals surface area (Å²) in [6.45, 7) is 2.22. The Kier molecular flexibility index (Phi) is 3.72. The molecule has 0 amide bonds. The van der Waals surface area contributed by atoms with Crippen molar-refractivity contribution in [2.45, 2.75) is 32.6 Å². The van der Waals surface area contributed by atoms with Crippen LogP contribution < -0.4 is 15.9 Å². The fourth-order valence-electron chi connectivity index (χ4n) is 2.41. The summed E-state index contributed by atoms with van der Waals surface area (Å²) in [5.74, 6) is 0. The molecule has 1 N–H and O–H groups in total. The van der Waals surface area contributed by atoms with Gasteiger partial charge in [-0.3, -0.25) is 4.98 Å². The van der Waals surface area contributed by atoms with Gasteiger partial charge in [-0.25, -0.2) is 0 Å². The van der Waals surface area contributed by atoms with E-state index in [2.05, 4.69) is 39.6 Å². The molecular weight excluding hydrogens is 248 g/mol. The highest BCUT2D eigenvalue weighted by Gasteiger charge is 2.14. The van der Waals surface area contributed by atoms with Crippen molar-refractivity contribution in [2.24, 2.45) is 10.2 Å². The summed E-state index contributed by atoms with van der Waals surface area (Å²) in [6.07, 6.45) is 12.4. The molecule has 0 unspecified atom stereocenters. The second kappa shape index (κ2) is 5.82. The van der Waals surface area contributed by atoms with Crippen LogP contribution in [0.2, 0.25) is 0 Å². The average molecular weight is 266 g/mol. The summed E-state index contributed by atoms with van der Waals surface area (Å²) in [7, 11) is 0. The molecule has 0 bridgehead atoms. The van der Waals surface area contributed by atoms with Crippen molar-refractivity contribution in [3.8, 4) is 0 Å². The van der Waals surface area contributed by atoms with E-state index in [1.165, 1.54) is 25.0 Å². The van der Waals surface area contributed by atoms with Gasteiger partial charge in [0.1, 0.15) is 5.70 Å². The molecule has 4 nitrogen and oxygen atoms in total. The van der Waals surface area contributed by atoms with Crippen LogP contribution >= 0.6 is 0 Å². The zero-order valence-electron chi connectivity index (χ0n) is 11.6. The van der Waals surface area contributed by atoms with Gasteiger partial charge in [0.25, 0.3) is 0 Å². The standard InChI is InChI=1S/C16H18N4/c1-2-3-4-6-12-8-9-14-16(19-12)13-7-5-10-17-15(13)11-18-20-14/h5,7-11,19H,2-4,6H2,1H3. The minimum absolute atomic E-state index is 0.858. The molecule has 0 saturated heterocycles. The van der Waals surface area contributed by atoms with E-state index in [4.69, 9.17) is 0 Å². The van der Waals surface area contributed by atoms with E-state index in [9.17, 15) is 0 Å². The van der Waals surface area contributed by atoms with Gasteiger partial charge in [-0.15, -0.1) is 5.11 Å². The molecule has 0 atom stereocenters. The number of azo groups is 1. The maximum atomic E-state index is 4.35. The molecule has 102 valence electrons. The first-order valence-electron chi connectivity index (χ1n) is 7.13. The molecule has 4 heteroatoms. The third-order valence-electron chi connectivity index (χ3n) is 3.49. The quantitative estimate of drug-likeness (QED) is 0.850. The average Bonchev–Trinajstić information content (AvgIpc) is 2.67. The van der Waals surface area contributed by atoms with E-state index in [1.807, 2.05) is 12.1 Å². The first-order valence-corrected chi connectivity index (χ1v) is 7.13. The van der Waals surface area contributed by atoms with Crippen LogP contribution in [0.5, 0.6) is 0 Å². The van der Waals surface area contributed by atoms with Crippen LogP contribution in [0, 0.1) is 0 Å². The lowest BCUT2D eigenvalue weighted by Crippen LogP contribution is -2.34. The third-order valence-corrected chi connectivity index (χ3v) is 3.49. The van der Waals surface area contributed by atoms with Crippen molar-refractivity contribution in [1.82, 2.24) is 10.3 Å². The predicted molar refractivity (Wildman–Crippen MR) is 79.7 cm³/mol. The summed E-state index contributed by atoms with van der Waals surface area (Å²) in [5.41, 5.74) is 3.12. The highest BCUT2D eigenvalue weighted by molar-refractivity contribution is 5.67. The number of hydrogen-bond donors (Lipinski definition) is 1. The molecule has 0 fully saturated rings. The maximum absolute atomic E-state index is 4.35. The predicted octanol–water partition coefficient (Wildman–Crippen LogP) is 2.34. The SMILES string of the molecule is CCCCCC1=CC=C2N=NC=c3ncccc3=C2N1. The highest BCUT2D eigenvalue weighted by Crippen LogP contribution is 2.20. The number of nitrogens with one attached hydrogen (secondary N) is 1. The van der Waals surface area contributed by atoms with E-state index >= 15 is 0 Å². The number of hydrogen-bond acceptors (Lipinski definition) is 4. The Bertz CT molecular complexity index is 710. The van der Waals surface area contributed by atoms with Crippen molar-refractivity contribution < 1.29 is 0 Å². The number of nitrogens with zero attached hydrogens (tertiary/aromatic N) is 3.